The van der Waals surface area contributed by atoms with Crippen LogP contribution in [0.25, 0.3) is 0 Å². The van der Waals surface area contributed by atoms with Gasteiger partial charge in [-0.1, -0.05) is 12.1 Å². The van der Waals surface area contributed by atoms with Gasteiger partial charge in [-0.25, -0.2) is 10.1 Å². The summed E-state index contributed by atoms with van der Waals surface area (Å²) in [5.41, 5.74) is 2.43. The van der Waals surface area contributed by atoms with Gasteiger partial charge in [0.25, 0.3) is 0 Å². The van der Waals surface area contributed by atoms with Crippen LogP contribution in [-0.4, -0.2) is 5.03 Å². The van der Waals surface area contributed by atoms with Gasteiger partial charge in [0.15, 0.2) is 5.03 Å². The van der Waals surface area contributed by atoms with Gasteiger partial charge < -0.3 is 0 Å². The molecule has 1 N–H and O–H groups in total. The van der Waals surface area contributed by atoms with E-state index < -0.39 is 5.03 Å². The molecule has 0 amide bonds. The minimum atomic E-state index is -0.608. The van der Waals surface area contributed by atoms with Gasteiger partial charge in [-0.15, -0.1) is 5.43 Å². The molecule has 0 spiro atoms. The Hall–Kier alpha value is -1.58. The number of anilines is 1. The molecule has 4 nitrogen and oxygen atoms in total. The zero-order chi connectivity index (χ0) is 7.40. The predicted octanol–water partition coefficient (Wildman–Crippen LogP) is 1.09. The average Bonchev–Trinajstić information content (AvgIpc) is 1.88. The van der Waals surface area contributed by atoms with Crippen molar-refractivity contribution in [2.24, 2.45) is 0 Å². The summed E-state index contributed by atoms with van der Waals surface area (Å²) >= 11 is 0. The lowest BCUT2D eigenvalue weighted by molar-refractivity contribution is -0.445. The summed E-state index contributed by atoms with van der Waals surface area (Å²) in [6, 6.07) is 9.14. The van der Waals surface area contributed by atoms with Crippen molar-refractivity contribution in [2.45, 2.75) is 0 Å². The normalized spacial score (nSPS) is 8.80. The Morgan fingerprint density at radius 3 is 3.00 bits per heavy atom. The lowest BCUT2D eigenvalue weighted by Crippen LogP contribution is -2.06. The van der Waals surface area contributed by atoms with Gasteiger partial charge >= 0.3 is 0 Å². The van der Waals surface area contributed by atoms with E-state index in [1.54, 1.807) is 18.2 Å². The van der Waals surface area contributed by atoms with Gasteiger partial charge in [0.05, 0.1) is 0 Å². The van der Waals surface area contributed by atoms with E-state index >= 15 is 0 Å². The van der Waals surface area contributed by atoms with E-state index in [1.165, 1.54) is 6.07 Å². The zero-order valence-electron chi connectivity index (χ0n) is 5.07. The number of hydrogen-bond acceptors (Lipinski definition) is 2. The summed E-state index contributed by atoms with van der Waals surface area (Å²) in [5, 5.41) is 9.24. The van der Waals surface area contributed by atoms with Crippen molar-refractivity contribution < 1.29 is 5.03 Å². The third-order valence-corrected chi connectivity index (χ3v) is 0.927. The summed E-state index contributed by atoms with van der Waals surface area (Å²) in [6.07, 6.45) is 0. The van der Waals surface area contributed by atoms with Crippen LogP contribution in [0, 0.1) is 16.2 Å². The van der Waals surface area contributed by atoms with Crippen molar-refractivity contribution in [1.29, 1.82) is 0 Å². The molecule has 0 saturated heterocycles. The molecule has 0 heterocycles. The van der Waals surface area contributed by atoms with Crippen LogP contribution in [0.2, 0.25) is 0 Å². The van der Waals surface area contributed by atoms with Gasteiger partial charge in [-0.05, 0) is 18.2 Å². The third kappa shape index (κ3) is 1.74. The van der Waals surface area contributed by atoms with Crippen molar-refractivity contribution in [3.8, 4) is 0 Å². The van der Waals surface area contributed by atoms with E-state index in [2.05, 4.69) is 6.07 Å². The first-order valence-electron chi connectivity index (χ1n) is 2.66. The van der Waals surface area contributed by atoms with E-state index in [0.29, 0.717) is 5.69 Å². The van der Waals surface area contributed by atoms with Crippen molar-refractivity contribution >= 4 is 5.69 Å². The molecule has 0 atom stereocenters. The number of hydrogen-bond donors (Lipinski definition) is 1. The number of nitrogens with one attached hydrogen (secondary N) is 1. The van der Waals surface area contributed by atoms with Crippen molar-refractivity contribution in [1.82, 2.24) is 0 Å². The lowest BCUT2D eigenvalue weighted by Gasteiger charge is -1.92. The molecule has 0 aliphatic rings. The smallest absolute Gasteiger partial charge is 0.162 e. The van der Waals surface area contributed by atoms with Crippen molar-refractivity contribution in [3.63, 3.8) is 0 Å². The Morgan fingerprint density at radius 1 is 1.70 bits per heavy atom. The van der Waals surface area contributed by atoms with Crippen LogP contribution in [0.1, 0.15) is 0 Å². The summed E-state index contributed by atoms with van der Waals surface area (Å²) in [6.45, 7) is 0. The highest BCUT2D eigenvalue weighted by molar-refractivity contribution is 5.39. The molecule has 0 fully saturated rings. The molecule has 0 unspecified atom stereocenters. The topological polar surface area (TPSA) is 55.2 Å². The SMILES string of the molecule is O=[N+]([O-])Nc1c[c]ccc1. The second-order valence-corrected chi connectivity index (χ2v) is 1.66. The standard InChI is InChI=1S/C6H5N2O2/c9-8(10)7-6-4-2-1-3-5-6/h1-2,4-5,7H. The summed E-state index contributed by atoms with van der Waals surface area (Å²) in [4.78, 5) is 9.85. The quantitative estimate of drug-likeness (QED) is 0.490. The van der Waals surface area contributed by atoms with Crippen LogP contribution in [0.5, 0.6) is 0 Å². The second-order valence-electron chi connectivity index (χ2n) is 1.66. The molecule has 0 aromatic heterocycles. The van der Waals surface area contributed by atoms with E-state index in [1.807, 2.05) is 5.43 Å². The van der Waals surface area contributed by atoms with Gasteiger partial charge in [0.2, 0.25) is 0 Å². The van der Waals surface area contributed by atoms with Crippen LogP contribution >= 0.6 is 0 Å². The molecule has 0 saturated carbocycles. The van der Waals surface area contributed by atoms with Crippen molar-refractivity contribution in [3.05, 3.63) is 40.4 Å². The van der Waals surface area contributed by atoms with Gasteiger partial charge in [-0.2, -0.15) is 0 Å². The maximum absolute atomic E-state index is 9.85. The molecular weight excluding hydrogens is 132 g/mol. The highest BCUT2D eigenvalue weighted by Crippen LogP contribution is 2.02. The van der Waals surface area contributed by atoms with Crippen LogP contribution in [0.4, 0.5) is 5.69 Å². The van der Waals surface area contributed by atoms with Gasteiger partial charge in [0.1, 0.15) is 5.69 Å². The molecule has 0 aliphatic heterocycles. The minimum absolute atomic E-state index is 0.438. The molecule has 1 aromatic rings. The van der Waals surface area contributed by atoms with Crippen LogP contribution in [0.3, 0.4) is 0 Å². The Balaban J connectivity index is 2.67. The molecule has 0 bridgehead atoms. The largest absolute Gasteiger partial charge is 0.235 e. The van der Waals surface area contributed by atoms with Gasteiger partial charge in [-0.3, -0.25) is 0 Å². The molecule has 1 rings (SSSR count). The Kier molecular flexibility index (Phi) is 1.84. The lowest BCUT2D eigenvalue weighted by atomic mass is 10.3. The Morgan fingerprint density at radius 2 is 2.50 bits per heavy atom. The van der Waals surface area contributed by atoms with Crippen LogP contribution in [0.15, 0.2) is 24.3 Å². The van der Waals surface area contributed by atoms with E-state index in [4.69, 9.17) is 0 Å². The zero-order valence-corrected chi connectivity index (χ0v) is 5.07. The minimum Gasteiger partial charge on any atom is -0.235 e. The Labute approximate surface area is 57.6 Å². The maximum atomic E-state index is 9.85. The summed E-state index contributed by atoms with van der Waals surface area (Å²) in [5.74, 6) is 0. The number of hydrazine groups is 1. The van der Waals surface area contributed by atoms with E-state index in [-0.39, 0.29) is 0 Å². The summed E-state index contributed by atoms with van der Waals surface area (Å²) < 4.78 is 0. The average molecular weight is 137 g/mol. The van der Waals surface area contributed by atoms with Crippen LogP contribution in [-0.2, 0) is 0 Å². The first-order valence-corrected chi connectivity index (χ1v) is 2.66. The Bertz CT molecular complexity index is 222. The van der Waals surface area contributed by atoms with Gasteiger partial charge in [0, 0.05) is 0 Å². The van der Waals surface area contributed by atoms with E-state index in [0.717, 1.165) is 0 Å². The first kappa shape index (κ1) is 6.54. The molecule has 1 aromatic carbocycles. The first-order chi connectivity index (χ1) is 4.79. The second kappa shape index (κ2) is 2.82. The molecule has 1 radical (unpaired) electrons. The highest BCUT2D eigenvalue weighted by Gasteiger charge is 1.93. The van der Waals surface area contributed by atoms with E-state index in [9.17, 15) is 10.1 Å². The van der Waals surface area contributed by atoms with Crippen molar-refractivity contribution in [2.75, 3.05) is 5.43 Å². The predicted molar refractivity (Wildman–Crippen MR) is 35.9 cm³/mol. The number of rotatable bonds is 2. The fraction of sp³-hybridized carbons (Fsp3) is 0. The number of benzene rings is 1. The monoisotopic (exact) mass is 137 g/mol. The number of nitro groups is 1. The molecule has 51 valence electrons. The fourth-order valence-electron chi connectivity index (χ4n) is 0.568. The fourth-order valence-corrected chi connectivity index (χ4v) is 0.568. The maximum Gasteiger partial charge on any atom is 0.162 e. The molecule has 4 heteroatoms. The highest BCUT2D eigenvalue weighted by atomic mass is 16.7. The summed E-state index contributed by atoms with van der Waals surface area (Å²) in [7, 11) is 0. The van der Waals surface area contributed by atoms with Crippen LogP contribution < -0.4 is 5.43 Å². The molecule has 10 heavy (non-hydrogen) atoms. The number of nitrogens with zero attached hydrogens (tertiary/aromatic N) is 1. The molecule has 0 aliphatic carbocycles. The molecular formula is C6H5N2O2. The third-order valence-electron chi connectivity index (χ3n) is 0.927.